The minimum absolute atomic E-state index is 0.0650. The number of hydrogen-bond acceptors (Lipinski definition) is 8. The molecule has 0 aliphatic heterocycles. The fraction of sp³-hybridized carbons (Fsp3) is 0.871. The van der Waals surface area contributed by atoms with Gasteiger partial charge in [-0.25, -0.2) is 0 Å². The van der Waals surface area contributed by atoms with Crippen LogP contribution in [0.4, 0.5) is 0 Å². The van der Waals surface area contributed by atoms with Gasteiger partial charge in [0.1, 0.15) is 17.0 Å². The van der Waals surface area contributed by atoms with Crippen LogP contribution in [0.25, 0.3) is 0 Å². The van der Waals surface area contributed by atoms with Crippen molar-refractivity contribution in [3.8, 4) is 0 Å². The zero-order chi connectivity index (χ0) is 30.6. The van der Waals surface area contributed by atoms with Crippen LogP contribution in [0, 0.1) is 46.3 Å². The van der Waals surface area contributed by atoms with Crippen LogP contribution in [-0.4, -0.2) is 62.9 Å². The van der Waals surface area contributed by atoms with Crippen molar-refractivity contribution in [1.29, 1.82) is 0 Å². The number of fused-ring (bicyclic) bond motifs is 5. The Kier molecular flexibility index (Phi) is 9.77. The number of hydrogen-bond donors (Lipinski definition) is 1. The predicted octanol–water partition coefficient (Wildman–Crippen LogP) is 5.38. The second kappa shape index (κ2) is 12.2. The van der Waals surface area contributed by atoms with Crippen LogP contribution in [0.5, 0.6) is 0 Å². The molecule has 0 spiro atoms. The fourth-order valence-corrected chi connectivity index (χ4v) is 11.8. The van der Waals surface area contributed by atoms with E-state index in [2.05, 4.69) is 52.6 Å². The number of halogens is 2. The zero-order valence-corrected chi connectivity index (χ0v) is 28.4. The van der Waals surface area contributed by atoms with Crippen molar-refractivity contribution in [2.24, 2.45) is 46.3 Å². The van der Waals surface area contributed by atoms with Crippen molar-refractivity contribution >= 4 is 55.6 Å². The number of alkyl halides is 2. The molecule has 1 N–H and O–H groups in total. The molecule has 13 atom stereocenters. The highest BCUT2D eigenvalue weighted by Crippen LogP contribution is 2.69. The van der Waals surface area contributed by atoms with E-state index in [9.17, 15) is 24.3 Å². The van der Waals surface area contributed by atoms with Gasteiger partial charge in [-0.2, -0.15) is 0 Å². The molecule has 10 heteroatoms. The molecule has 0 heterocycles. The minimum atomic E-state index is -0.940. The van der Waals surface area contributed by atoms with Crippen LogP contribution in [0.3, 0.4) is 0 Å². The first-order valence-corrected chi connectivity index (χ1v) is 16.9. The number of Topliss-reactive ketones (excluding diaryl/α,β-unsaturated/α-hetero) is 1. The van der Waals surface area contributed by atoms with E-state index in [-0.39, 0.29) is 65.3 Å². The van der Waals surface area contributed by atoms with Gasteiger partial charge in [-0.3, -0.25) is 19.2 Å². The van der Waals surface area contributed by atoms with Gasteiger partial charge in [0, 0.05) is 37.0 Å². The first-order chi connectivity index (χ1) is 19.0. The van der Waals surface area contributed by atoms with E-state index in [1.54, 1.807) is 0 Å². The van der Waals surface area contributed by atoms with Gasteiger partial charge < -0.3 is 19.3 Å². The number of ketones is 1. The molecule has 4 fully saturated rings. The first kappa shape index (κ1) is 32.9. The molecule has 41 heavy (non-hydrogen) atoms. The van der Waals surface area contributed by atoms with Crippen LogP contribution in [0.2, 0.25) is 0 Å². The molecule has 0 saturated heterocycles. The van der Waals surface area contributed by atoms with Gasteiger partial charge in [-0.05, 0) is 75.5 Å². The molecular formula is C31H46Br2O8. The number of carbonyl (C=O) groups is 4. The summed E-state index contributed by atoms with van der Waals surface area (Å²) in [7, 11) is 0. The third-order valence-corrected chi connectivity index (χ3v) is 13.3. The molecule has 0 bridgehead atoms. The van der Waals surface area contributed by atoms with Gasteiger partial charge in [0.05, 0.1) is 17.0 Å². The highest BCUT2D eigenvalue weighted by Gasteiger charge is 2.71. The standard InChI is InChI=1S/C31H46Br2O8/c1-14(2)39-24(36)11-8-15(3)18-9-10-19-25-20(13-23(30(18,19)6)41-17(5)35)31(7)21(12-22(25)40-16(4)34)26(32)28(37)27(33)29(31)38/h14-15,18-23,25-27,29,38H,8-13H2,1-7H3/t15-,18-,19+,20+,21-,22-,23+,25+,26-,27+,29-,30-,31-/m1/s1. The number of rotatable bonds is 7. The van der Waals surface area contributed by atoms with Crippen LogP contribution in [0.1, 0.15) is 87.0 Å². The molecular weight excluding hydrogens is 660 g/mol. The van der Waals surface area contributed by atoms with Crippen molar-refractivity contribution in [2.75, 3.05) is 0 Å². The summed E-state index contributed by atoms with van der Waals surface area (Å²) in [6.45, 7) is 13.0. The third-order valence-electron chi connectivity index (χ3n) is 11.3. The number of carbonyl (C=O) groups excluding carboxylic acids is 4. The van der Waals surface area contributed by atoms with Crippen molar-refractivity contribution in [1.82, 2.24) is 0 Å². The van der Waals surface area contributed by atoms with Gasteiger partial charge in [-0.1, -0.05) is 52.6 Å². The number of ether oxygens (including phenoxy) is 3. The summed E-state index contributed by atoms with van der Waals surface area (Å²) in [5, 5.41) is 11.7. The largest absolute Gasteiger partial charge is 0.463 e. The number of esters is 3. The lowest BCUT2D eigenvalue weighted by Crippen LogP contribution is -2.70. The number of aliphatic hydroxyl groups is 1. The molecule has 4 rings (SSSR count). The summed E-state index contributed by atoms with van der Waals surface area (Å²) >= 11 is 7.13. The minimum Gasteiger partial charge on any atom is -0.463 e. The Morgan fingerprint density at radius 1 is 0.927 bits per heavy atom. The van der Waals surface area contributed by atoms with Crippen molar-refractivity contribution in [2.45, 2.75) is 121 Å². The quantitative estimate of drug-likeness (QED) is 0.213. The summed E-state index contributed by atoms with van der Waals surface area (Å²) in [6, 6.07) is 0. The van der Waals surface area contributed by atoms with Gasteiger partial charge >= 0.3 is 17.9 Å². The van der Waals surface area contributed by atoms with E-state index < -0.39 is 38.8 Å². The number of aliphatic hydroxyl groups excluding tert-OH is 1. The summed E-state index contributed by atoms with van der Waals surface area (Å²) < 4.78 is 17.6. The van der Waals surface area contributed by atoms with Crippen molar-refractivity contribution in [3.63, 3.8) is 0 Å². The maximum atomic E-state index is 13.1. The Balaban J connectivity index is 1.74. The predicted molar refractivity (Wildman–Crippen MR) is 159 cm³/mol. The van der Waals surface area contributed by atoms with Crippen LogP contribution in [-0.2, 0) is 33.4 Å². The molecule has 232 valence electrons. The zero-order valence-electron chi connectivity index (χ0n) is 25.2. The monoisotopic (exact) mass is 704 g/mol. The molecule has 0 aromatic carbocycles. The smallest absolute Gasteiger partial charge is 0.306 e. The van der Waals surface area contributed by atoms with E-state index in [0.29, 0.717) is 25.7 Å². The van der Waals surface area contributed by atoms with E-state index in [0.717, 1.165) is 12.8 Å². The van der Waals surface area contributed by atoms with Gasteiger partial charge in [0.25, 0.3) is 0 Å². The van der Waals surface area contributed by atoms with Gasteiger partial charge in [0.2, 0.25) is 0 Å². The fourth-order valence-electron chi connectivity index (χ4n) is 9.56. The summed E-state index contributed by atoms with van der Waals surface area (Å²) in [4.78, 5) is 49.1. The maximum absolute atomic E-state index is 13.1. The molecule has 0 aromatic rings. The van der Waals surface area contributed by atoms with Crippen LogP contribution in [0.15, 0.2) is 0 Å². The van der Waals surface area contributed by atoms with E-state index in [1.807, 2.05) is 13.8 Å². The van der Waals surface area contributed by atoms with E-state index in [1.165, 1.54) is 13.8 Å². The van der Waals surface area contributed by atoms with E-state index in [4.69, 9.17) is 14.2 Å². The summed E-state index contributed by atoms with van der Waals surface area (Å²) in [6.07, 6.45) is 1.82. The average Bonchev–Trinajstić information content (AvgIpc) is 3.23. The molecule has 8 nitrogen and oxygen atoms in total. The Morgan fingerprint density at radius 3 is 2.15 bits per heavy atom. The second-order valence-electron chi connectivity index (χ2n) is 13.7. The highest BCUT2D eigenvalue weighted by molar-refractivity contribution is 9.10. The van der Waals surface area contributed by atoms with Gasteiger partial charge in [-0.15, -0.1) is 0 Å². The maximum Gasteiger partial charge on any atom is 0.306 e. The summed E-state index contributed by atoms with van der Waals surface area (Å²) in [5.74, 6) is -1.07. The lowest BCUT2D eigenvalue weighted by atomic mass is 9.42. The normalized spacial score (nSPS) is 44.3. The molecule has 4 saturated carbocycles. The van der Waals surface area contributed by atoms with Crippen LogP contribution < -0.4 is 0 Å². The van der Waals surface area contributed by atoms with Crippen LogP contribution >= 0.6 is 31.9 Å². The Hall–Kier alpha value is -1.00. The molecule has 4 aliphatic carbocycles. The van der Waals surface area contributed by atoms with Gasteiger partial charge in [0.15, 0.2) is 5.78 Å². The molecule has 4 aliphatic rings. The first-order valence-electron chi connectivity index (χ1n) is 15.1. The lowest BCUT2D eigenvalue weighted by Gasteiger charge is -2.65. The summed E-state index contributed by atoms with van der Waals surface area (Å²) in [5.41, 5.74) is -1.09. The third kappa shape index (κ3) is 5.67. The molecule has 0 unspecified atom stereocenters. The average molecular weight is 707 g/mol. The van der Waals surface area contributed by atoms with Crippen molar-refractivity contribution in [3.05, 3.63) is 0 Å². The topological polar surface area (TPSA) is 116 Å². The molecule has 0 amide bonds. The Bertz CT molecular complexity index is 1050. The second-order valence-corrected chi connectivity index (χ2v) is 15.7. The van der Waals surface area contributed by atoms with E-state index >= 15 is 0 Å². The Labute approximate surface area is 260 Å². The Morgan fingerprint density at radius 2 is 1.56 bits per heavy atom. The molecule has 0 aromatic heterocycles. The van der Waals surface area contributed by atoms with Crippen molar-refractivity contribution < 1.29 is 38.5 Å². The highest BCUT2D eigenvalue weighted by atomic mass is 79.9. The lowest BCUT2D eigenvalue weighted by molar-refractivity contribution is -0.232. The SMILES string of the molecule is CC(=O)O[C@H]1C[C@H]2[C@@H]([C@H](OC(C)=O)C[C@@H]3[C@@H](Br)C(=O)[C@H](Br)[C@@H](O)[C@@]32C)[C@@H]2CC[C@H]([C@H](C)CCC(=O)OC(C)C)[C@@]12C. The molecule has 0 radical (unpaired) electrons.